The van der Waals surface area contributed by atoms with E-state index in [0.717, 1.165) is 48.0 Å². The fourth-order valence-electron chi connectivity index (χ4n) is 9.09. The van der Waals surface area contributed by atoms with Crippen molar-refractivity contribution >= 4 is 11.9 Å². The molecule has 4 saturated carbocycles. The van der Waals surface area contributed by atoms with Crippen LogP contribution in [0.2, 0.25) is 0 Å². The number of nitrogens with one attached hydrogen (secondary N) is 1. The average Bonchev–Trinajstić information content (AvgIpc) is 3.19. The molecule has 4 fully saturated rings. The Kier molecular flexibility index (Phi) is 8.40. The lowest BCUT2D eigenvalue weighted by Gasteiger charge is -2.61. The molecule has 8 atom stereocenters. The Morgan fingerprint density at radius 3 is 2.52 bits per heavy atom. The van der Waals surface area contributed by atoms with E-state index in [1.165, 1.54) is 70.6 Å². The van der Waals surface area contributed by atoms with Crippen LogP contribution in [0.1, 0.15) is 118 Å². The first kappa shape index (κ1) is 25.8. The van der Waals surface area contributed by atoms with Crippen LogP contribution in [0.4, 0.5) is 0 Å². The Bertz CT molecular complexity index is 656. The topological polar surface area (TPSA) is 21.3 Å². The van der Waals surface area contributed by atoms with Crippen LogP contribution in [-0.2, 0) is 4.74 Å². The molecule has 1 N–H and O–H groups in total. The highest BCUT2D eigenvalue weighted by atomic mass is 32.2. The standard InChI is InChI=1S/C30H53NOS/c1-7-22-20-26-25-15-14-23(12-9-11-19-32-21(2)31-33-29(3,4)5)24(25)16-17-28(26)30(6)18-10-8-13-27(22)30/h22-28,31H,2,7-20H2,1,3-6H3/t22-,23?,24?,25?,26?,27?,28-,30?/m0/s1. The fourth-order valence-corrected chi connectivity index (χ4v) is 9.57. The van der Waals surface area contributed by atoms with Gasteiger partial charge in [0.2, 0.25) is 0 Å². The van der Waals surface area contributed by atoms with Crippen LogP contribution < -0.4 is 4.72 Å². The molecule has 0 saturated heterocycles. The summed E-state index contributed by atoms with van der Waals surface area (Å²) in [7, 11) is 0. The summed E-state index contributed by atoms with van der Waals surface area (Å²) in [4.78, 5) is 0. The van der Waals surface area contributed by atoms with Gasteiger partial charge in [0.25, 0.3) is 0 Å². The zero-order valence-electron chi connectivity index (χ0n) is 22.5. The third-order valence-corrected chi connectivity index (χ3v) is 11.4. The lowest BCUT2D eigenvalue weighted by atomic mass is 9.44. The van der Waals surface area contributed by atoms with Gasteiger partial charge in [-0.15, -0.1) is 0 Å². The molecule has 3 heteroatoms. The second kappa shape index (κ2) is 10.8. The molecule has 0 aromatic carbocycles. The quantitative estimate of drug-likeness (QED) is 0.204. The van der Waals surface area contributed by atoms with Crippen molar-refractivity contribution in [3.63, 3.8) is 0 Å². The summed E-state index contributed by atoms with van der Waals surface area (Å²) in [5, 5.41) is 0. The smallest absolute Gasteiger partial charge is 0.189 e. The van der Waals surface area contributed by atoms with E-state index in [0.29, 0.717) is 11.3 Å². The largest absolute Gasteiger partial charge is 0.479 e. The molecular formula is C30H53NOS. The third kappa shape index (κ3) is 5.75. The van der Waals surface area contributed by atoms with Gasteiger partial charge in [0, 0.05) is 4.75 Å². The molecule has 4 aliphatic carbocycles. The number of unbranched alkanes of at least 4 members (excludes halogenated alkanes) is 1. The SMILES string of the molecule is C=C(NSC(C)(C)C)OCCCCC1CCC2C1CC[C@H]1C2C[C@H](CC)C2CCCCC21C. The maximum absolute atomic E-state index is 5.84. The molecule has 2 nitrogen and oxygen atoms in total. The summed E-state index contributed by atoms with van der Waals surface area (Å²) >= 11 is 1.68. The van der Waals surface area contributed by atoms with Gasteiger partial charge in [-0.25, -0.2) is 0 Å². The van der Waals surface area contributed by atoms with Crippen LogP contribution in [-0.4, -0.2) is 11.4 Å². The minimum absolute atomic E-state index is 0.176. The third-order valence-electron chi connectivity index (χ3n) is 10.5. The highest BCUT2D eigenvalue weighted by Crippen LogP contribution is 2.65. The van der Waals surface area contributed by atoms with Gasteiger partial charge < -0.3 is 9.46 Å². The first-order chi connectivity index (χ1) is 15.7. The lowest BCUT2D eigenvalue weighted by molar-refractivity contribution is -0.117. The molecule has 6 unspecified atom stereocenters. The Hall–Kier alpha value is -0.310. The Morgan fingerprint density at radius 2 is 1.76 bits per heavy atom. The predicted molar refractivity (Wildman–Crippen MR) is 144 cm³/mol. The van der Waals surface area contributed by atoms with Gasteiger partial charge in [-0.2, -0.15) is 0 Å². The van der Waals surface area contributed by atoms with Gasteiger partial charge in [0.1, 0.15) is 0 Å². The highest BCUT2D eigenvalue weighted by Gasteiger charge is 2.57. The molecular weight excluding hydrogens is 422 g/mol. The molecule has 0 bridgehead atoms. The van der Waals surface area contributed by atoms with Gasteiger partial charge >= 0.3 is 0 Å². The van der Waals surface area contributed by atoms with Gasteiger partial charge in [-0.05, 0) is 144 Å². The first-order valence-corrected chi connectivity index (χ1v) is 15.3. The number of rotatable bonds is 9. The minimum atomic E-state index is 0.176. The molecule has 0 radical (unpaired) electrons. The summed E-state index contributed by atoms with van der Waals surface area (Å²) < 4.78 is 9.26. The molecule has 0 aliphatic heterocycles. The van der Waals surface area contributed by atoms with E-state index in [4.69, 9.17) is 4.74 Å². The average molecular weight is 476 g/mol. The Balaban J connectivity index is 1.24. The van der Waals surface area contributed by atoms with Crippen LogP contribution in [0.5, 0.6) is 0 Å². The molecule has 190 valence electrons. The summed E-state index contributed by atoms with van der Waals surface area (Å²) in [6, 6.07) is 0. The van der Waals surface area contributed by atoms with Gasteiger partial charge in [0.15, 0.2) is 5.88 Å². The summed E-state index contributed by atoms with van der Waals surface area (Å²) in [5.74, 6) is 7.95. The van der Waals surface area contributed by atoms with Crippen molar-refractivity contribution in [2.75, 3.05) is 6.61 Å². The zero-order chi connectivity index (χ0) is 23.6. The van der Waals surface area contributed by atoms with E-state index in [-0.39, 0.29) is 4.75 Å². The molecule has 0 spiro atoms. The van der Waals surface area contributed by atoms with Crippen molar-refractivity contribution in [1.29, 1.82) is 0 Å². The lowest BCUT2D eigenvalue weighted by Crippen LogP contribution is -2.53. The van der Waals surface area contributed by atoms with E-state index in [1.807, 2.05) is 0 Å². The summed E-state index contributed by atoms with van der Waals surface area (Å²) in [6.45, 7) is 16.7. The summed E-state index contributed by atoms with van der Waals surface area (Å²) in [5.41, 5.74) is 0.671. The highest BCUT2D eigenvalue weighted by molar-refractivity contribution is 7.98. The van der Waals surface area contributed by atoms with Crippen molar-refractivity contribution < 1.29 is 4.74 Å². The number of hydrogen-bond acceptors (Lipinski definition) is 3. The Morgan fingerprint density at radius 1 is 0.970 bits per heavy atom. The zero-order valence-corrected chi connectivity index (χ0v) is 23.3. The summed E-state index contributed by atoms with van der Waals surface area (Å²) in [6.07, 6.45) is 19.1. The van der Waals surface area contributed by atoms with Crippen LogP contribution in [0.25, 0.3) is 0 Å². The van der Waals surface area contributed by atoms with E-state index in [2.05, 4.69) is 45.9 Å². The first-order valence-electron chi connectivity index (χ1n) is 14.5. The van der Waals surface area contributed by atoms with Crippen molar-refractivity contribution in [1.82, 2.24) is 4.72 Å². The predicted octanol–water partition coefficient (Wildman–Crippen LogP) is 8.98. The monoisotopic (exact) mass is 475 g/mol. The molecule has 0 heterocycles. The van der Waals surface area contributed by atoms with Gasteiger partial charge in [-0.3, -0.25) is 0 Å². The van der Waals surface area contributed by atoms with E-state index in [9.17, 15) is 0 Å². The van der Waals surface area contributed by atoms with Crippen molar-refractivity contribution in [2.24, 2.45) is 46.8 Å². The maximum atomic E-state index is 5.84. The van der Waals surface area contributed by atoms with Crippen LogP contribution in [0.15, 0.2) is 12.5 Å². The van der Waals surface area contributed by atoms with E-state index >= 15 is 0 Å². The number of ether oxygens (including phenoxy) is 1. The fraction of sp³-hybridized carbons (Fsp3) is 0.933. The molecule has 0 aromatic rings. The maximum Gasteiger partial charge on any atom is 0.189 e. The van der Waals surface area contributed by atoms with Crippen molar-refractivity contribution in [3.8, 4) is 0 Å². The molecule has 4 rings (SSSR count). The minimum Gasteiger partial charge on any atom is -0.479 e. The van der Waals surface area contributed by atoms with Gasteiger partial charge in [0.05, 0.1) is 6.61 Å². The number of hydrogen-bond donors (Lipinski definition) is 1. The second-order valence-electron chi connectivity index (χ2n) is 13.4. The van der Waals surface area contributed by atoms with Crippen LogP contribution >= 0.6 is 11.9 Å². The van der Waals surface area contributed by atoms with Crippen LogP contribution in [0.3, 0.4) is 0 Å². The van der Waals surface area contributed by atoms with Gasteiger partial charge in [-0.1, -0.05) is 39.5 Å². The van der Waals surface area contributed by atoms with Crippen molar-refractivity contribution in [3.05, 3.63) is 12.5 Å². The molecule has 0 amide bonds. The second-order valence-corrected chi connectivity index (χ2v) is 15.0. The van der Waals surface area contributed by atoms with Crippen LogP contribution in [0, 0.1) is 46.8 Å². The van der Waals surface area contributed by atoms with E-state index in [1.54, 1.807) is 24.8 Å². The Labute approximate surface area is 210 Å². The number of fused-ring (bicyclic) bond motifs is 5. The normalized spacial score (nSPS) is 40.5. The molecule has 33 heavy (non-hydrogen) atoms. The molecule has 4 aliphatic rings. The molecule has 0 aromatic heterocycles. The van der Waals surface area contributed by atoms with Crippen molar-refractivity contribution in [2.45, 2.75) is 123 Å². The van der Waals surface area contributed by atoms with E-state index < -0.39 is 0 Å².